The lowest BCUT2D eigenvalue weighted by atomic mass is 9.98. The van der Waals surface area contributed by atoms with Crippen LogP contribution >= 0.6 is 0 Å². The highest BCUT2D eigenvalue weighted by atomic mass is 16.2. The molecule has 1 saturated heterocycles. The molecule has 1 aromatic heterocycles. The van der Waals surface area contributed by atoms with E-state index in [4.69, 9.17) is 0 Å². The summed E-state index contributed by atoms with van der Waals surface area (Å²) >= 11 is 0. The number of nitrogens with one attached hydrogen (secondary N) is 1. The van der Waals surface area contributed by atoms with Gasteiger partial charge >= 0.3 is 0 Å². The van der Waals surface area contributed by atoms with Gasteiger partial charge in [0.1, 0.15) is 17.1 Å². The number of benzene rings is 2. The van der Waals surface area contributed by atoms with Gasteiger partial charge in [-0.3, -0.25) is 14.2 Å². The van der Waals surface area contributed by atoms with Gasteiger partial charge in [0.25, 0.3) is 5.91 Å². The molecule has 2 amide bonds. The number of hydrogen-bond acceptors (Lipinski definition) is 3. The molecule has 2 aromatic carbocycles. The van der Waals surface area contributed by atoms with Crippen molar-refractivity contribution < 1.29 is 9.59 Å². The summed E-state index contributed by atoms with van der Waals surface area (Å²) in [7, 11) is 0. The van der Waals surface area contributed by atoms with Crippen LogP contribution in [0.4, 0.5) is 0 Å². The minimum Gasteiger partial charge on any atom is -0.352 e. The van der Waals surface area contributed by atoms with Crippen LogP contribution in [0.2, 0.25) is 0 Å². The molecule has 142 valence electrons. The van der Waals surface area contributed by atoms with Gasteiger partial charge in [-0.1, -0.05) is 48.5 Å². The second-order valence-electron chi connectivity index (χ2n) is 7.29. The van der Waals surface area contributed by atoms with E-state index >= 15 is 0 Å². The third-order valence-electron chi connectivity index (χ3n) is 5.09. The van der Waals surface area contributed by atoms with Gasteiger partial charge in [-0.15, -0.1) is 0 Å². The third kappa shape index (κ3) is 3.07. The smallest absolute Gasteiger partial charge is 0.275 e. The van der Waals surface area contributed by atoms with Gasteiger partial charge in [-0.05, 0) is 26.0 Å². The third-order valence-corrected chi connectivity index (χ3v) is 5.09. The molecule has 1 fully saturated rings. The lowest BCUT2D eigenvalue weighted by molar-refractivity contribution is -0.133. The van der Waals surface area contributed by atoms with Crippen molar-refractivity contribution in [3.8, 4) is 17.1 Å². The molecule has 0 bridgehead atoms. The summed E-state index contributed by atoms with van der Waals surface area (Å²) < 4.78 is 1.92. The minimum absolute atomic E-state index is 0.155. The van der Waals surface area contributed by atoms with Crippen LogP contribution < -0.4 is 5.32 Å². The van der Waals surface area contributed by atoms with E-state index in [2.05, 4.69) is 10.3 Å². The Kier molecular flexibility index (Phi) is 4.47. The van der Waals surface area contributed by atoms with E-state index in [1.807, 2.05) is 65.2 Å². The van der Waals surface area contributed by atoms with Crippen molar-refractivity contribution in [2.24, 2.45) is 0 Å². The summed E-state index contributed by atoms with van der Waals surface area (Å²) in [6.07, 6.45) is 1.75. The maximum atomic E-state index is 13.3. The maximum absolute atomic E-state index is 13.3. The highest BCUT2D eigenvalue weighted by molar-refractivity contribution is 5.99. The number of carbonyl (C=O) groups excluding carboxylic acids is 2. The van der Waals surface area contributed by atoms with E-state index < -0.39 is 5.54 Å². The topological polar surface area (TPSA) is 67.2 Å². The Balaban J connectivity index is 1.80. The molecule has 0 atom stereocenters. The summed E-state index contributed by atoms with van der Waals surface area (Å²) in [6.45, 7) is 4.41. The predicted molar refractivity (Wildman–Crippen MR) is 107 cm³/mol. The largest absolute Gasteiger partial charge is 0.352 e. The highest BCUT2D eigenvalue weighted by Crippen LogP contribution is 2.26. The van der Waals surface area contributed by atoms with Gasteiger partial charge in [0, 0.05) is 30.5 Å². The van der Waals surface area contributed by atoms with Crippen LogP contribution in [0.3, 0.4) is 0 Å². The van der Waals surface area contributed by atoms with Crippen molar-refractivity contribution in [2.75, 3.05) is 13.1 Å². The lowest BCUT2D eigenvalue weighted by Crippen LogP contribution is -2.63. The van der Waals surface area contributed by atoms with Gasteiger partial charge in [-0.25, -0.2) is 4.98 Å². The van der Waals surface area contributed by atoms with Crippen molar-refractivity contribution in [3.05, 3.63) is 72.6 Å². The average molecular weight is 374 g/mol. The fraction of sp³-hybridized carbons (Fsp3) is 0.227. The Hall–Kier alpha value is -3.41. The second-order valence-corrected chi connectivity index (χ2v) is 7.29. The number of amides is 2. The van der Waals surface area contributed by atoms with Crippen LogP contribution in [0, 0.1) is 0 Å². The van der Waals surface area contributed by atoms with Crippen LogP contribution in [0.1, 0.15) is 24.3 Å². The monoisotopic (exact) mass is 374 g/mol. The highest BCUT2D eigenvalue weighted by Gasteiger charge is 2.41. The number of piperazine rings is 1. The normalized spacial score (nSPS) is 15.9. The van der Waals surface area contributed by atoms with Crippen molar-refractivity contribution in [2.45, 2.75) is 19.4 Å². The van der Waals surface area contributed by atoms with Gasteiger partial charge in [0.15, 0.2) is 0 Å². The summed E-state index contributed by atoms with van der Waals surface area (Å²) in [5.41, 5.74) is 1.24. The van der Waals surface area contributed by atoms with E-state index in [-0.39, 0.29) is 11.8 Å². The van der Waals surface area contributed by atoms with Gasteiger partial charge in [-0.2, -0.15) is 0 Å². The first-order chi connectivity index (χ1) is 13.5. The van der Waals surface area contributed by atoms with Crippen LogP contribution in [-0.4, -0.2) is 44.9 Å². The minimum atomic E-state index is -0.918. The molecule has 0 unspecified atom stereocenters. The zero-order chi connectivity index (χ0) is 19.7. The number of rotatable bonds is 3. The number of para-hydroxylation sites is 1. The molecule has 0 radical (unpaired) electrons. The van der Waals surface area contributed by atoms with Crippen molar-refractivity contribution in [1.82, 2.24) is 19.8 Å². The first kappa shape index (κ1) is 18.0. The Morgan fingerprint density at radius 2 is 1.68 bits per heavy atom. The Morgan fingerprint density at radius 3 is 2.36 bits per heavy atom. The van der Waals surface area contributed by atoms with Crippen molar-refractivity contribution in [1.29, 1.82) is 0 Å². The molecule has 6 heteroatoms. The first-order valence-electron chi connectivity index (χ1n) is 9.29. The number of nitrogens with zero attached hydrogens (tertiary/aromatic N) is 3. The molecule has 3 aromatic rings. The van der Waals surface area contributed by atoms with Crippen LogP contribution in [0.15, 0.2) is 66.9 Å². The second kappa shape index (κ2) is 6.96. The quantitative estimate of drug-likeness (QED) is 0.767. The maximum Gasteiger partial charge on any atom is 0.275 e. The Labute approximate surface area is 163 Å². The summed E-state index contributed by atoms with van der Waals surface area (Å²) in [5.74, 6) is 0.291. The molecular weight excluding hydrogens is 352 g/mol. The van der Waals surface area contributed by atoms with Crippen LogP contribution in [0.25, 0.3) is 17.1 Å². The summed E-state index contributed by atoms with van der Waals surface area (Å²) in [5, 5.41) is 2.82. The van der Waals surface area contributed by atoms with Gasteiger partial charge < -0.3 is 10.2 Å². The molecule has 4 rings (SSSR count). The molecule has 6 nitrogen and oxygen atoms in total. The number of imidazole rings is 1. The fourth-order valence-corrected chi connectivity index (χ4v) is 3.45. The number of hydrogen-bond donors (Lipinski definition) is 1. The molecule has 0 saturated carbocycles. The molecule has 0 aliphatic carbocycles. The first-order valence-corrected chi connectivity index (χ1v) is 9.29. The molecule has 1 aliphatic rings. The van der Waals surface area contributed by atoms with Crippen LogP contribution in [-0.2, 0) is 4.79 Å². The van der Waals surface area contributed by atoms with E-state index in [1.54, 1.807) is 24.9 Å². The molecule has 28 heavy (non-hydrogen) atoms. The summed E-state index contributed by atoms with van der Waals surface area (Å²) in [4.78, 5) is 31.8. The molecule has 1 aliphatic heterocycles. The zero-order valence-corrected chi connectivity index (χ0v) is 15.9. The Bertz CT molecular complexity index is 953. The Morgan fingerprint density at radius 1 is 1.04 bits per heavy atom. The SMILES string of the molecule is CC1(C)C(=O)NCCN1C(=O)c1cn(-c2ccccc2)c(-c2ccccc2)n1. The van der Waals surface area contributed by atoms with E-state index in [0.717, 1.165) is 11.3 Å². The predicted octanol–water partition coefficient (Wildman–Crippen LogP) is 2.89. The zero-order valence-electron chi connectivity index (χ0n) is 15.9. The van der Waals surface area contributed by atoms with E-state index in [9.17, 15) is 9.59 Å². The average Bonchev–Trinajstić information content (AvgIpc) is 3.16. The number of aromatic nitrogens is 2. The van der Waals surface area contributed by atoms with Gasteiger partial charge in [0.05, 0.1) is 0 Å². The van der Waals surface area contributed by atoms with Crippen LogP contribution in [0.5, 0.6) is 0 Å². The summed E-state index contributed by atoms with van der Waals surface area (Å²) in [6, 6.07) is 19.6. The van der Waals surface area contributed by atoms with E-state index in [1.165, 1.54) is 0 Å². The molecule has 2 heterocycles. The van der Waals surface area contributed by atoms with Gasteiger partial charge in [0.2, 0.25) is 5.91 Å². The van der Waals surface area contributed by atoms with E-state index in [0.29, 0.717) is 24.6 Å². The standard InChI is InChI=1S/C22H22N4O2/c1-22(2)21(28)23-13-14-26(22)20(27)18-15-25(17-11-7-4-8-12-17)19(24-18)16-9-5-3-6-10-16/h3-12,15H,13-14H2,1-2H3,(H,23,28). The van der Waals surface area contributed by atoms with Crippen molar-refractivity contribution in [3.63, 3.8) is 0 Å². The fourth-order valence-electron chi connectivity index (χ4n) is 3.45. The number of carbonyl (C=O) groups is 2. The molecule has 1 N–H and O–H groups in total. The molecular formula is C22H22N4O2. The molecule has 0 spiro atoms. The lowest BCUT2D eigenvalue weighted by Gasteiger charge is -2.40. The van der Waals surface area contributed by atoms with Crippen molar-refractivity contribution >= 4 is 11.8 Å².